The van der Waals surface area contributed by atoms with Crippen molar-refractivity contribution in [3.05, 3.63) is 0 Å². The molecule has 0 amide bonds. The summed E-state index contributed by atoms with van der Waals surface area (Å²) in [6.07, 6.45) is 6.76. The monoisotopic (exact) mass is 255 g/mol. The van der Waals surface area contributed by atoms with E-state index in [2.05, 4.69) is 36.1 Å². The van der Waals surface area contributed by atoms with Gasteiger partial charge in [0.05, 0.1) is 0 Å². The lowest BCUT2D eigenvalue weighted by Crippen LogP contribution is -2.38. The van der Waals surface area contributed by atoms with Gasteiger partial charge in [-0.05, 0) is 58.9 Å². The third-order valence-electron chi connectivity index (χ3n) is 4.04. The van der Waals surface area contributed by atoms with E-state index in [0.29, 0.717) is 0 Å². The molecule has 1 saturated heterocycles. The molecule has 0 spiro atoms. The van der Waals surface area contributed by atoms with Crippen molar-refractivity contribution in [3.63, 3.8) is 0 Å². The third-order valence-corrected chi connectivity index (χ3v) is 4.04. The highest BCUT2D eigenvalue weighted by Gasteiger charge is 2.17. The molecule has 0 aliphatic carbocycles. The van der Waals surface area contributed by atoms with Gasteiger partial charge >= 0.3 is 0 Å². The quantitative estimate of drug-likeness (QED) is 0.636. The van der Waals surface area contributed by atoms with Crippen LogP contribution in [0.2, 0.25) is 0 Å². The molecule has 3 heteroatoms. The number of piperidine rings is 1. The smallest absolute Gasteiger partial charge is 0.0104 e. The summed E-state index contributed by atoms with van der Waals surface area (Å²) in [7, 11) is 4.51. The molecule has 1 rings (SSSR count). The molecule has 18 heavy (non-hydrogen) atoms. The Kier molecular flexibility index (Phi) is 8.64. The first-order valence-electron chi connectivity index (χ1n) is 7.80. The summed E-state index contributed by atoms with van der Waals surface area (Å²) < 4.78 is 0. The second-order valence-electron chi connectivity index (χ2n) is 5.97. The summed E-state index contributed by atoms with van der Waals surface area (Å²) in [5.74, 6) is 0.922. The molecule has 1 fully saturated rings. The number of likely N-dealkylation sites (N-methyl/N-ethyl adjacent to an activating group) is 1. The Morgan fingerprint density at radius 3 is 2.56 bits per heavy atom. The third kappa shape index (κ3) is 7.34. The van der Waals surface area contributed by atoms with Gasteiger partial charge in [-0.1, -0.05) is 19.8 Å². The van der Waals surface area contributed by atoms with Crippen molar-refractivity contribution in [1.82, 2.24) is 15.1 Å². The highest BCUT2D eigenvalue weighted by molar-refractivity contribution is 4.72. The molecule has 108 valence electrons. The topological polar surface area (TPSA) is 18.5 Å². The molecule has 3 nitrogen and oxygen atoms in total. The van der Waals surface area contributed by atoms with Crippen LogP contribution in [0.4, 0.5) is 0 Å². The SMILES string of the molecule is CCCCCNCCN(C)CC1CCN(C)CC1. The maximum atomic E-state index is 3.55. The zero-order valence-corrected chi connectivity index (χ0v) is 12.7. The number of nitrogens with zero attached hydrogens (tertiary/aromatic N) is 2. The van der Waals surface area contributed by atoms with Crippen LogP contribution in [0, 0.1) is 5.92 Å². The van der Waals surface area contributed by atoms with E-state index in [9.17, 15) is 0 Å². The van der Waals surface area contributed by atoms with Crippen LogP contribution in [-0.2, 0) is 0 Å². The van der Waals surface area contributed by atoms with Crippen LogP contribution in [0.25, 0.3) is 0 Å². The van der Waals surface area contributed by atoms with E-state index in [1.54, 1.807) is 0 Å². The molecule has 0 unspecified atom stereocenters. The number of hydrogen-bond acceptors (Lipinski definition) is 3. The Hall–Kier alpha value is -0.120. The van der Waals surface area contributed by atoms with Crippen LogP contribution >= 0.6 is 0 Å². The highest BCUT2D eigenvalue weighted by atomic mass is 15.1. The van der Waals surface area contributed by atoms with Gasteiger partial charge in [0.1, 0.15) is 0 Å². The zero-order valence-electron chi connectivity index (χ0n) is 12.7. The minimum absolute atomic E-state index is 0.922. The van der Waals surface area contributed by atoms with Gasteiger partial charge in [0.2, 0.25) is 0 Å². The van der Waals surface area contributed by atoms with Crippen molar-refractivity contribution < 1.29 is 0 Å². The van der Waals surface area contributed by atoms with E-state index in [-0.39, 0.29) is 0 Å². The predicted molar refractivity (Wildman–Crippen MR) is 80.1 cm³/mol. The van der Waals surface area contributed by atoms with Gasteiger partial charge in [0.15, 0.2) is 0 Å². The van der Waals surface area contributed by atoms with Gasteiger partial charge < -0.3 is 15.1 Å². The Morgan fingerprint density at radius 1 is 1.17 bits per heavy atom. The van der Waals surface area contributed by atoms with Crippen LogP contribution in [0.5, 0.6) is 0 Å². The second kappa shape index (κ2) is 9.76. The molecule has 0 aromatic heterocycles. The molecule has 0 aromatic carbocycles. The second-order valence-corrected chi connectivity index (χ2v) is 5.97. The van der Waals surface area contributed by atoms with Gasteiger partial charge in [-0.2, -0.15) is 0 Å². The molecule has 0 radical (unpaired) electrons. The van der Waals surface area contributed by atoms with Crippen molar-refractivity contribution in [1.29, 1.82) is 0 Å². The van der Waals surface area contributed by atoms with Gasteiger partial charge in [0, 0.05) is 19.6 Å². The molecule has 1 N–H and O–H groups in total. The zero-order chi connectivity index (χ0) is 13.2. The van der Waals surface area contributed by atoms with Crippen LogP contribution in [0.3, 0.4) is 0 Å². The maximum Gasteiger partial charge on any atom is 0.0104 e. The maximum absolute atomic E-state index is 3.55. The first-order valence-corrected chi connectivity index (χ1v) is 7.80. The minimum Gasteiger partial charge on any atom is -0.315 e. The fourth-order valence-corrected chi connectivity index (χ4v) is 2.67. The molecule has 0 aromatic rings. The standard InChI is InChI=1S/C15H33N3/c1-4-5-6-9-16-10-13-18(3)14-15-7-11-17(2)12-8-15/h15-16H,4-14H2,1-3H3. The average molecular weight is 255 g/mol. The lowest BCUT2D eigenvalue weighted by Gasteiger charge is -2.31. The van der Waals surface area contributed by atoms with E-state index in [1.165, 1.54) is 64.8 Å². The highest BCUT2D eigenvalue weighted by Crippen LogP contribution is 2.16. The van der Waals surface area contributed by atoms with Gasteiger partial charge in [-0.3, -0.25) is 0 Å². The van der Waals surface area contributed by atoms with E-state index < -0.39 is 0 Å². The van der Waals surface area contributed by atoms with Crippen molar-refractivity contribution in [3.8, 4) is 0 Å². The van der Waals surface area contributed by atoms with Crippen molar-refractivity contribution in [2.24, 2.45) is 5.92 Å². The Labute approximate surface area is 114 Å². The Morgan fingerprint density at radius 2 is 1.89 bits per heavy atom. The molecule has 0 bridgehead atoms. The first-order chi connectivity index (χ1) is 8.72. The van der Waals surface area contributed by atoms with Gasteiger partial charge in [-0.15, -0.1) is 0 Å². The largest absolute Gasteiger partial charge is 0.315 e. The lowest BCUT2D eigenvalue weighted by atomic mass is 9.97. The average Bonchev–Trinajstić information content (AvgIpc) is 2.36. The van der Waals surface area contributed by atoms with Gasteiger partial charge in [-0.25, -0.2) is 0 Å². The van der Waals surface area contributed by atoms with Crippen LogP contribution < -0.4 is 5.32 Å². The Bertz CT molecular complexity index is 188. The molecular formula is C15H33N3. The lowest BCUT2D eigenvalue weighted by molar-refractivity contribution is 0.176. The molecule has 1 heterocycles. The van der Waals surface area contributed by atoms with Crippen LogP contribution in [-0.4, -0.2) is 63.2 Å². The van der Waals surface area contributed by atoms with E-state index in [0.717, 1.165) is 12.5 Å². The fraction of sp³-hybridized carbons (Fsp3) is 1.00. The minimum atomic E-state index is 0.922. The summed E-state index contributed by atoms with van der Waals surface area (Å²) in [6, 6.07) is 0. The summed E-state index contributed by atoms with van der Waals surface area (Å²) in [4.78, 5) is 4.95. The van der Waals surface area contributed by atoms with E-state index in [4.69, 9.17) is 0 Å². The van der Waals surface area contributed by atoms with Gasteiger partial charge in [0.25, 0.3) is 0 Å². The fourth-order valence-electron chi connectivity index (χ4n) is 2.67. The molecular weight excluding hydrogens is 222 g/mol. The van der Waals surface area contributed by atoms with E-state index in [1.807, 2.05) is 0 Å². The van der Waals surface area contributed by atoms with Crippen molar-refractivity contribution in [2.75, 3.05) is 53.4 Å². The van der Waals surface area contributed by atoms with E-state index >= 15 is 0 Å². The van der Waals surface area contributed by atoms with Crippen LogP contribution in [0.1, 0.15) is 39.0 Å². The molecule has 1 aliphatic heterocycles. The first kappa shape index (κ1) is 15.9. The predicted octanol–water partition coefficient (Wildman–Crippen LogP) is 2.04. The summed E-state index contributed by atoms with van der Waals surface area (Å²) in [5, 5.41) is 3.55. The summed E-state index contributed by atoms with van der Waals surface area (Å²) in [5.41, 5.74) is 0. The normalized spacial score (nSPS) is 18.7. The van der Waals surface area contributed by atoms with Crippen LogP contribution in [0.15, 0.2) is 0 Å². The summed E-state index contributed by atoms with van der Waals surface area (Å²) in [6.45, 7) is 9.64. The number of nitrogens with one attached hydrogen (secondary N) is 1. The number of likely N-dealkylation sites (tertiary alicyclic amines) is 1. The Balaban J connectivity index is 1.95. The van der Waals surface area contributed by atoms with Crippen molar-refractivity contribution in [2.45, 2.75) is 39.0 Å². The molecule has 0 saturated carbocycles. The number of hydrogen-bond donors (Lipinski definition) is 1. The number of rotatable bonds is 9. The molecule has 1 aliphatic rings. The summed E-state index contributed by atoms with van der Waals surface area (Å²) >= 11 is 0. The van der Waals surface area contributed by atoms with Crippen molar-refractivity contribution >= 4 is 0 Å². The molecule has 0 atom stereocenters. The number of unbranched alkanes of at least 4 members (excludes halogenated alkanes) is 2.